The Kier molecular flexibility index (Phi) is 28.0. The van der Waals surface area contributed by atoms with Crippen molar-refractivity contribution >= 4 is 54.4 Å². The van der Waals surface area contributed by atoms with E-state index < -0.39 is 6.45 Å². The molecule has 6 rings (SSSR count). The Hall–Kier alpha value is -1.31. The van der Waals surface area contributed by atoms with E-state index in [4.69, 9.17) is 26.5 Å². The second-order valence-corrected chi connectivity index (χ2v) is 13.4. The summed E-state index contributed by atoms with van der Waals surface area (Å²) >= 11 is 11.6. The molecule has 0 amide bonds. The van der Waals surface area contributed by atoms with Gasteiger partial charge in [-0.25, -0.2) is 19.6 Å². The number of halogens is 2. The molecule has 59 heavy (non-hydrogen) atoms. The van der Waals surface area contributed by atoms with Gasteiger partial charge >= 0.3 is 156 Å². The van der Waals surface area contributed by atoms with E-state index in [1.54, 1.807) is 48.2 Å². The smallest absolute Gasteiger partial charge is 0.465 e. The molecule has 0 radical (unpaired) electrons. The van der Waals surface area contributed by atoms with E-state index in [-0.39, 0.29) is 157 Å². The summed E-state index contributed by atoms with van der Waals surface area (Å²) in [7, 11) is 2.71. The van der Waals surface area contributed by atoms with E-state index >= 15 is 0 Å². The Labute approximate surface area is 477 Å². The Morgan fingerprint density at radius 1 is 0.763 bits per heavy atom. The van der Waals surface area contributed by atoms with Gasteiger partial charge in [0.1, 0.15) is 11.5 Å². The van der Waals surface area contributed by atoms with E-state index in [1.807, 2.05) is 50.2 Å². The van der Waals surface area contributed by atoms with Crippen molar-refractivity contribution in [1.29, 1.82) is 0 Å². The largest absolute Gasteiger partial charge is 1.00 e. The van der Waals surface area contributed by atoms with E-state index in [0.717, 1.165) is 38.9 Å². The number of oxazole rings is 2. The summed E-state index contributed by atoms with van der Waals surface area (Å²) in [6.45, 7) is 7.54. The zero-order chi connectivity index (χ0) is 42.6. The minimum Gasteiger partial charge on any atom is -0.465 e. The van der Waals surface area contributed by atoms with Gasteiger partial charge in [-0.15, -0.1) is 36.0 Å². The SMILES string of the molecule is COC(=O)c1ccc(-c2nc(CCl)c(C)o2)cc1.COC(=O)c1ccc(-c2nc(CSc3ccc(C)cc3)c(C)o2)cc1.Cc1ccc(S)cc1.[2H]C(=O)OO[CH-]F.[Cs+].[Cs+]. The molecule has 0 bridgehead atoms. The number of methoxy groups -OCH3 is 2. The van der Waals surface area contributed by atoms with Crippen LogP contribution in [0.1, 0.15) is 56.1 Å². The van der Waals surface area contributed by atoms with Crippen LogP contribution < -0.4 is 138 Å². The molecule has 11 nitrogen and oxygen atoms in total. The van der Waals surface area contributed by atoms with Gasteiger partial charge < -0.3 is 32.5 Å². The molecule has 17 heteroatoms. The number of carbonyl (C=O) groups excluding carboxylic acids is 3. The molecule has 0 spiro atoms. The van der Waals surface area contributed by atoms with Crippen LogP contribution >= 0.6 is 36.0 Å². The van der Waals surface area contributed by atoms with Gasteiger partial charge in [-0.3, -0.25) is 4.79 Å². The van der Waals surface area contributed by atoms with Gasteiger partial charge in [-0.05, 0) is 107 Å². The Balaban J connectivity index is 0.000000447. The van der Waals surface area contributed by atoms with Crippen molar-refractivity contribution in [3.8, 4) is 22.9 Å². The first kappa shape index (κ1) is 53.8. The fourth-order valence-corrected chi connectivity index (χ4v) is 5.76. The molecule has 0 aliphatic rings. The molecule has 4 aromatic carbocycles. The van der Waals surface area contributed by atoms with Crippen molar-refractivity contribution in [2.24, 2.45) is 0 Å². The number of hydrogen-bond donors (Lipinski definition) is 1. The van der Waals surface area contributed by atoms with Crippen molar-refractivity contribution in [2.45, 2.75) is 49.1 Å². The van der Waals surface area contributed by atoms with Gasteiger partial charge in [-0.2, -0.15) is 0 Å². The van der Waals surface area contributed by atoms with Crippen molar-refractivity contribution in [3.63, 3.8) is 0 Å². The third-order valence-corrected chi connectivity index (χ3v) is 9.14. The number of thioether (sulfide) groups is 1. The van der Waals surface area contributed by atoms with Gasteiger partial charge in [0.15, 0.2) is 1.37 Å². The topological polar surface area (TPSA) is 140 Å². The maximum Gasteiger partial charge on any atom is 1.00 e. The maximum atomic E-state index is 11.5. The molecule has 300 valence electrons. The van der Waals surface area contributed by atoms with Crippen LogP contribution in [0.4, 0.5) is 4.39 Å². The third kappa shape index (κ3) is 19.7. The summed E-state index contributed by atoms with van der Waals surface area (Å²) in [6, 6.07) is 30.4. The van der Waals surface area contributed by atoms with Crippen LogP contribution in [0.2, 0.25) is 0 Å². The number of rotatable bonds is 10. The Morgan fingerprint density at radius 3 is 1.54 bits per heavy atom. The minimum atomic E-state index is -1.44. The normalized spacial score (nSPS) is 9.95. The first-order chi connectivity index (χ1) is 27.8. The minimum absolute atomic E-state index is 0. The van der Waals surface area contributed by atoms with Gasteiger partial charge in [0.25, 0.3) is 0 Å². The zero-order valence-corrected chi connectivity index (χ0v) is 48.9. The van der Waals surface area contributed by atoms with Gasteiger partial charge in [0.2, 0.25) is 11.8 Å². The molecule has 2 aromatic heterocycles. The number of esters is 2. The number of thiol groups is 1. The van der Waals surface area contributed by atoms with Crippen molar-refractivity contribution in [2.75, 3.05) is 14.2 Å². The number of alkyl halides is 1. The number of ether oxygens (including phenoxy) is 2. The first-order valence-electron chi connectivity index (χ1n) is 17.3. The Morgan fingerprint density at radius 2 is 1.19 bits per heavy atom. The zero-order valence-electron chi connectivity index (χ0n) is 34.9. The van der Waals surface area contributed by atoms with E-state index in [1.165, 1.54) is 30.2 Å². The molecule has 0 N–H and O–H groups in total. The number of hydrogen-bond acceptors (Lipinski definition) is 13. The molecule has 0 atom stereocenters. The number of nitrogens with zero attached hydrogens (tertiary/aromatic N) is 2. The summed E-state index contributed by atoms with van der Waals surface area (Å²) in [5.74, 6) is 2.92. The second kappa shape index (κ2) is 30.7. The molecule has 0 unspecified atom stereocenters. The third-order valence-electron chi connectivity index (χ3n) is 7.57. The predicted molar refractivity (Wildman–Crippen MR) is 218 cm³/mol. The van der Waals surface area contributed by atoms with Crippen LogP contribution in [0, 0.1) is 34.6 Å². The maximum absolute atomic E-state index is 11.5. The van der Waals surface area contributed by atoms with Crippen LogP contribution in [0.25, 0.3) is 22.9 Å². The number of aromatic nitrogens is 2. The van der Waals surface area contributed by atoms with Crippen LogP contribution in [0.5, 0.6) is 0 Å². The summed E-state index contributed by atoms with van der Waals surface area (Å²) < 4.78 is 37.2. The van der Waals surface area contributed by atoms with Crippen LogP contribution in [0.3, 0.4) is 0 Å². The van der Waals surface area contributed by atoms with Crippen LogP contribution in [0.15, 0.2) is 116 Å². The first-order valence-corrected chi connectivity index (χ1v) is 18.8. The van der Waals surface area contributed by atoms with Crippen molar-refractivity contribution in [3.05, 3.63) is 149 Å². The monoisotopic (exact) mass is 1100 g/mol. The summed E-state index contributed by atoms with van der Waals surface area (Å²) in [5.41, 5.74) is 6.81. The molecular formula is C42H41ClCs2FN2O9S2+. The molecule has 0 saturated carbocycles. The standard InChI is InChI=1S/C20H19NO3S.C13H12ClNO3.C7H8S.C2H2FO3.2Cs/c1-13-4-10-17(11-5-13)25-12-18-14(2)24-19(21-18)15-6-8-16(9-7-15)20(22)23-3;1-8-11(7-14)15-12(18-8)9-3-5-10(6-4-9)13(16)17-2;1-6-2-4-7(8)5-3-6;3-1-5-6-2-4;;/h4-11H,12H2,1-3H3;3-6H,7H2,1-2H3;2-5,8H,1H3;1-2H;;/q;;;-1;2*+1/i;;;2D;;. The fraction of sp³-hybridized carbons (Fsp3) is 0.190. The Bertz CT molecular complexity index is 2190. The van der Waals surface area contributed by atoms with E-state index in [2.05, 4.69) is 75.2 Å². The van der Waals surface area contributed by atoms with Gasteiger partial charge in [0.05, 0.1) is 42.6 Å². The average molecular weight is 1100 g/mol. The van der Waals surface area contributed by atoms with E-state index in [0.29, 0.717) is 34.5 Å². The second-order valence-electron chi connectivity index (χ2n) is 11.6. The molecule has 0 aliphatic carbocycles. The fourth-order valence-electron chi connectivity index (χ4n) is 4.46. The molecule has 6 aromatic rings. The average Bonchev–Trinajstić information content (AvgIpc) is 3.82. The molecule has 0 saturated heterocycles. The molecule has 0 fully saturated rings. The molecule has 0 aliphatic heterocycles. The van der Waals surface area contributed by atoms with Crippen LogP contribution in [-0.4, -0.2) is 42.6 Å². The predicted octanol–water partition coefficient (Wildman–Crippen LogP) is 4.68. The van der Waals surface area contributed by atoms with Crippen molar-refractivity contribution in [1.82, 2.24) is 9.97 Å². The summed E-state index contributed by atoms with van der Waals surface area (Å²) in [6.07, 6.45) is -1.44. The molecular weight excluding hydrogens is 1060 g/mol. The summed E-state index contributed by atoms with van der Waals surface area (Å²) in [5, 5.41) is 0. The quantitative estimate of drug-likeness (QED) is 0.0298. The number of benzene rings is 4. The van der Waals surface area contributed by atoms with E-state index in [9.17, 15) is 18.8 Å². The summed E-state index contributed by atoms with van der Waals surface area (Å²) in [4.78, 5) is 49.8. The number of aryl methyl sites for hydroxylation is 4. The van der Waals surface area contributed by atoms with Crippen molar-refractivity contribution < 1.29 is 186 Å². The number of carbonyl (C=O) groups is 3. The van der Waals surface area contributed by atoms with Crippen LogP contribution in [-0.2, 0) is 35.7 Å². The van der Waals surface area contributed by atoms with Gasteiger partial charge in [-0.1, -0.05) is 35.4 Å². The molecule has 2 heterocycles. The van der Waals surface area contributed by atoms with Gasteiger partial charge in [0, 0.05) is 26.7 Å².